The number of rotatable bonds is 11. The van der Waals surface area contributed by atoms with Crippen molar-refractivity contribution in [2.75, 3.05) is 19.7 Å². The van der Waals surface area contributed by atoms with Crippen LogP contribution in [0.3, 0.4) is 0 Å². The summed E-state index contributed by atoms with van der Waals surface area (Å²) in [5.41, 5.74) is 8.49. The summed E-state index contributed by atoms with van der Waals surface area (Å²) in [6, 6.07) is 16.2. The zero-order valence-electron chi connectivity index (χ0n) is 28.1. The molecule has 0 amide bonds. The van der Waals surface area contributed by atoms with E-state index in [1.807, 2.05) is 6.21 Å². The molecule has 0 radical (unpaired) electrons. The summed E-state index contributed by atoms with van der Waals surface area (Å²) < 4.78 is 5.61. The summed E-state index contributed by atoms with van der Waals surface area (Å²) in [5, 5.41) is 0. The number of carbonyl (C=O) groups excluding carboxylic acids is 1. The van der Waals surface area contributed by atoms with E-state index in [9.17, 15) is 4.79 Å². The number of ether oxygens (including phenoxy) is 1. The lowest BCUT2D eigenvalue weighted by atomic mass is 9.88. The van der Waals surface area contributed by atoms with Gasteiger partial charge in [-0.25, -0.2) is 4.79 Å². The molecule has 0 spiro atoms. The SMILES string of the molecule is CCCC(CC/C=C/C(C)C)c1ccc(-c2ccc3c(c2)C(N2CC/C=C(\C(=O)OCC(C)(C)C)CCC2)=CC=NC3)cc1. The highest BCUT2D eigenvalue weighted by atomic mass is 16.5. The molecule has 2 aromatic rings. The van der Waals surface area contributed by atoms with Crippen molar-refractivity contribution in [3.8, 4) is 11.1 Å². The highest BCUT2D eigenvalue weighted by Crippen LogP contribution is 2.33. The van der Waals surface area contributed by atoms with E-state index in [2.05, 4.69) is 118 Å². The van der Waals surface area contributed by atoms with Crippen LogP contribution in [-0.2, 0) is 16.1 Å². The lowest BCUT2D eigenvalue weighted by molar-refractivity contribution is -0.141. The van der Waals surface area contributed by atoms with Gasteiger partial charge in [0.1, 0.15) is 0 Å². The fourth-order valence-electron chi connectivity index (χ4n) is 6.08. The molecule has 1 unspecified atom stereocenters. The first-order valence-electron chi connectivity index (χ1n) is 16.9. The van der Waals surface area contributed by atoms with E-state index < -0.39 is 0 Å². The van der Waals surface area contributed by atoms with Gasteiger partial charge in [-0.1, -0.05) is 103 Å². The van der Waals surface area contributed by atoms with Gasteiger partial charge >= 0.3 is 5.97 Å². The van der Waals surface area contributed by atoms with Crippen molar-refractivity contribution < 1.29 is 9.53 Å². The summed E-state index contributed by atoms with van der Waals surface area (Å²) in [4.78, 5) is 19.8. The Morgan fingerprint density at radius 3 is 2.55 bits per heavy atom. The van der Waals surface area contributed by atoms with Gasteiger partial charge in [-0.05, 0) is 90.2 Å². The minimum absolute atomic E-state index is 0.0291. The lowest BCUT2D eigenvalue weighted by Crippen LogP contribution is -2.27. The molecule has 0 aromatic heterocycles. The first kappa shape index (κ1) is 33.5. The Morgan fingerprint density at radius 2 is 1.82 bits per heavy atom. The number of allylic oxidation sites excluding steroid dienone is 3. The Bertz CT molecular complexity index is 1350. The normalized spacial score (nSPS) is 17.8. The summed E-state index contributed by atoms with van der Waals surface area (Å²) >= 11 is 0. The molecule has 0 bridgehead atoms. The maximum Gasteiger partial charge on any atom is 0.333 e. The van der Waals surface area contributed by atoms with Gasteiger partial charge in [0.2, 0.25) is 0 Å². The van der Waals surface area contributed by atoms with Gasteiger partial charge in [-0.3, -0.25) is 4.99 Å². The molecule has 0 N–H and O–H groups in total. The van der Waals surface area contributed by atoms with E-state index in [4.69, 9.17) is 4.74 Å². The maximum absolute atomic E-state index is 12.7. The van der Waals surface area contributed by atoms with Gasteiger partial charge in [-0.15, -0.1) is 0 Å². The quantitative estimate of drug-likeness (QED) is 0.192. The topological polar surface area (TPSA) is 41.9 Å². The van der Waals surface area contributed by atoms with Crippen LogP contribution in [0.5, 0.6) is 0 Å². The average Bonchev–Trinajstić information content (AvgIpc) is 3.19. The predicted octanol–water partition coefficient (Wildman–Crippen LogP) is 10.2. The molecule has 2 heterocycles. The van der Waals surface area contributed by atoms with E-state index in [0.29, 0.717) is 25.0 Å². The van der Waals surface area contributed by atoms with Crippen LogP contribution < -0.4 is 0 Å². The molecule has 0 saturated carbocycles. The molecule has 4 nitrogen and oxygen atoms in total. The van der Waals surface area contributed by atoms with E-state index in [1.54, 1.807) is 0 Å². The zero-order valence-corrected chi connectivity index (χ0v) is 28.1. The molecule has 44 heavy (non-hydrogen) atoms. The number of aliphatic imine (C=N–C) groups is 1. The minimum atomic E-state index is -0.154. The average molecular weight is 595 g/mol. The number of hydrogen-bond acceptors (Lipinski definition) is 4. The fraction of sp³-hybridized carbons (Fsp3) is 0.500. The number of fused-ring (bicyclic) bond motifs is 1. The zero-order chi connectivity index (χ0) is 31.5. The van der Waals surface area contributed by atoms with E-state index in [0.717, 1.165) is 44.3 Å². The van der Waals surface area contributed by atoms with Crippen molar-refractivity contribution in [1.29, 1.82) is 0 Å². The number of hydrogen-bond donors (Lipinski definition) is 0. The van der Waals surface area contributed by atoms with Crippen LogP contribution >= 0.6 is 0 Å². The molecular weight excluding hydrogens is 540 g/mol. The smallest absolute Gasteiger partial charge is 0.333 e. The standard InChI is InChI=1S/C40H54N2O2/c1-7-12-31(14-9-8-13-30(2)3)32-17-19-33(20-18-32)35-21-22-36-28-41-24-23-38(37(36)27-35)42-25-10-15-34(16-11-26-42)39(43)44-29-40(4,5)6/h8,13,15,17-24,27,30-31H,7,9-12,14,16,25-26,28-29H2,1-6H3/b13-8+,34-15-. The molecular formula is C40H54N2O2. The van der Waals surface area contributed by atoms with Gasteiger partial charge in [0.05, 0.1) is 13.2 Å². The van der Waals surface area contributed by atoms with Crippen molar-refractivity contribution in [3.05, 3.63) is 89.0 Å². The second kappa shape index (κ2) is 16.1. The predicted molar refractivity (Wildman–Crippen MR) is 187 cm³/mol. The summed E-state index contributed by atoms with van der Waals surface area (Å²) in [5.74, 6) is 1.07. The first-order chi connectivity index (χ1) is 21.1. The van der Waals surface area contributed by atoms with Crippen molar-refractivity contribution in [1.82, 2.24) is 4.90 Å². The molecule has 4 rings (SSSR count). The highest BCUT2D eigenvalue weighted by molar-refractivity contribution is 5.89. The number of carbonyl (C=O) groups is 1. The summed E-state index contributed by atoms with van der Waals surface area (Å²) in [6.45, 7) is 15.9. The molecule has 4 heteroatoms. The molecule has 0 saturated heterocycles. The van der Waals surface area contributed by atoms with Crippen LogP contribution in [0.1, 0.15) is 109 Å². The molecule has 0 fully saturated rings. The maximum atomic E-state index is 12.7. The van der Waals surface area contributed by atoms with E-state index in [-0.39, 0.29) is 11.4 Å². The van der Waals surface area contributed by atoms with Crippen molar-refractivity contribution in [2.24, 2.45) is 16.3 Å². The third-order valence-electron chi connectivity index (χ3n) is 8.44. The Kier molecular flexibility index (Phi) is 12.2. The molecule has 1 atom stereocenters. The molecule has 2 aromatic carbocycles. The monoisotopic (exact) mass is 594 g/mol. The van der Waals surface area contributed by atoms with Crippen LogP contribution in [0, 0.1) is 11.3 Å². The van der Waals surface area contributed by atoms with Gasteiger partial charge in [0, 0.05) is 36.1 Å². The second-order valence-corrected chi connectivity index (χ2v) is 14.0. The Labute approximate surface area is 267 Å². The molecule has 0 aliphatic carbocycles. The third-order valence-corrected chi connectivity index (χ3v) is 8.44. The summed E-state index contributed by atoms with van der Waals surface area (Å²) in [7, 11) is 0. The van der Waals surface area contributed by atoms with Gasteiger partial charge in [0.25, 0.3) is 0 Å². The lowest BCUT2D eigenvalue weighted by Gasteiger charge is -2.30. The van der Waals surface area contributed by atoms with Crippen molar-refractivity contribution in [2.45, 2.75) is 99.0 Å². The van der Waals surface area contributed by atoms with Crippen LogP contribution in [0.15, 0.2) is 77.3 Å². The minimum Gasteiger partial charge on any atom is -0.462 e. The highest BCUT2D eigenvalue weighted by Gasteiger charge is 2.21. The van der Waals surface area contributed by atoms with Gasteiger partial charge in [-0.2, -0.15) is 0 Å². The van der Waals surface area contributed by atoms with Crippen molar-refractivity contribution >= 4 is 17.9 Å². The molecule has 2 aliphatic rings. The Hall–Kier alpha value is -3.40. The fourth-order valence-corrected chi connectivity index (χ4v) is 6.08. The Balaban J connectivity index is 1.49. The number of esters is 1. The number of nitrogens with zero attached hydrogens (tertiary/aromatic N) is 2. The van der Waals surface area contributed by atoms with Crippen LogP contribution in [0.4, 0.5) is 0 Å². The molecule has 236 valence electrons. The molecule has 2 aliphatic heterocycles. The van der Waals surface area contributed by atoms with Crippen LogP contribution in [-0.4, -0.2) is 36.8 Å². The van der Waals surface area contributed by atoms with Crippen molar-refractivity contribution in [3.63, 3.8) is 0 Å². The summed E-state index contributed by atoms with van der Waals surface area (Å²) in [6.07, 6.45) is 18.1. The van der Waals surface area contributed by atoms with Gasteiger partial charge in [0.15, 0.2) is 0 Å². The van der Waals surface area contributed by atoms with Crippen LogP contribution in [0.2, 0.25) is 0 Å². The largest absolute Gasteiger partial charge is 0.462 e. The second-order valence-electron chi connectivity index (χ2n) is 14.0. The third kappa shape index (κ3) is 9.81. The van der Waals surface area contributed by atoms with Crippen LogP contribution in [0.25, 0.3) is 16.8 Å². The Morgan fingerprint density at radius 1 is 1.05 bits per heavy atom. The van der Waals surface area contributed by atoms with E-state index >= 15 is 0 Å². The first-order valence-corrected chi connectivity index (χ1v) is 16.9. The number of benzene rings is 2. The van der Waals surface area contributed by atoms with E-state index in [1.165, 1.54) is 52.8 Å². The van der Waals surface area contributed by atoms with Gasteiger partial charge < -0.3 is 9.64 Å².